The van der Waals surface area contributed by atoms with Crippen LogP contribution in [0, 0.1) is 0 Å². The van der Waals surface area contributed by atoms with E-state index >= 15 is 0 Å². The molecule has 14 heavy (non-hydrogen) atoms. The molecule has 0 aliphatic heterocycles. The van der Waals surface area contributed by atoms with E-state index in [-0.39, 0.29) is 5.78 Å². The molecule has 0 aromatic carbocycles. The summed E-state index contributed by atoms with van der Waals surface area (Å²) >= 11 is 6.08. The molecule has 0 radical (unpaired) electrons. The lowest BCUT2D eigenvalue weighted by Crippen LogP contribution is -1.96. The van der Waals surface area contributed by atoms with E-state index in [1.54, 1.807) is 0 Å². The topological polar surface area (TPSA) is 34.9 Å². The van der Waals surface area contributed by atoms with Gasteiger partial charge in [0.05, 0.1) is 10.6 Å². The van der Waals surface area contributed by atoms with Crippen LogP contribution in [0.1, 0.15) is 17.3 Å². The largest absolute Gasteiger partial charge is 0.336 e. The van der Waals surface area contributed by atoms with Gasteiger partial charge >= 0.3 is 0 Å². The van der Waals surface area contributed by atoms with Crippen molar-refractivity contribution in [3.8, 4) is 0 Å². The van der Waals surface area contributed by atoms with Crippen molar-refractivity contribution in [2.75, 3.05) is 0 Å². The van der Waals surface area contributed by atoms with Gasteiger partial charge in [0.1, 0.15) is 5.65 Å². The Balaban J connectivity index is 2.82. The highest BCUT2D eigenvalue weighted by Gasteiger charge is 2.11. The molecule has 4 heteroatoms. The van der Waals surface area contributed by atoms with E-state index in [0.717, 1.165) is 11.0 Å². The van der Waals surface area contributed by atoms with Gasteiger partial charge in [-0.3, -0.25) is 4.79 Å². The number of carbonyl (C=O) groups excluding carboxylic acids is 1. The zero-order valence-electron chi connectivity index (χ0n) is 7.91. The number of fused-ring (bicyclic) bond motifs is 1. The van der Waals surface area contributed by atoms with Crippen molar-refractivity contribution >= 4 is 28.4 Å². The van der Waals surface area contributed by atoms with Crippen LogP contribution >= 0.6 is 11.6 Å². The molecular weight excluding hydrogens is 200 g/mol. The third-order valence-electron chi connectivity index (χ3n) is 2.21. The molecule has 0 saturated carbocycles. The van der Waals surface area contributed by atoms with Crippen molar-refractivity contribution in [3.05, 3.63) is 29.0 Å². The number of rotatable bonds is 1. The molecule has 72 valence electrons. The maximum absolute atomic E-state index is 11.2. The maximum Gasteiger partial charge on any atom is 0.162 e. The van der Waals surface area contributed by atoms with E-state index in [1.807, 2.05) is 23.9 Å². The zero-order valence-corrected chi connectivity index (χ0v) is 8.67. The predicted octanol–water partition coefficient (Wildman–Crippen LogP) is 2.43. The molecule has 0 aliphatic rings. The fourth-order valence-corrected chi connectivity index (χ4v) is 1.76. The molecule has 2 heterocycles. The average Bonchev–Trinajstić information content (AvgIpc) is 2.49. The van der Waals surface area contributed by atoms with Crippen LogP contribution in [0.5, 0.6) is 0 Å². The molecule has 0 spiro atoms. The lowest BCUT2D eigenvalue weighted by atomic mass is 10.2. The number of Topliss-reactive ketones (excluding diaryl/α,β-unsaturated/α-hetero) is 1. The molecule has 0 fully saturated rings. The van der Waals surface area contributed by atoms with Gasteiger partial charge in [-0.25, -0.2) is 4.98 Å². The first kappa shape index (κ1) is 9.21. The highest BCUT2D eigenvalue weighted by Crippen LogP contribution is 2.26. The summed E-state index contributed by atoms with van der Waals surface area (Å²) in [6.45, 7) is 1.48. The van der Waals surface area contributed by atoms with Crippen molar-refractivity contribution in [1.82, 2.24) is 9.55 Å². The summed E-state index contributed by atoms with van der Waals surface area (Å²) in [6.07, 6.45) is 3.39. The fraction of sp³-hybridized carbons (Fsp3) is 0.200. The summed E-state index contributed by atoms with van der Waals surface area (Å²) in [5.41, 5.74) is 1.27. The number of nitrogens with zero attached hydrogens (tertiary/aromatic N) is 2. The van der Waals surface area contributed by atoms with E-state index in [0.29, 0.717) is 10.6 Å². The summed E-state index contributed by atoms with van der Waals surface area (Å²) < 4.78 is 1.87. The molecule has 0 N–H and O–H groups in total. The van der Waals surface area contributed by atoms with Crippen molar-refractivity contribution in [2.45, 2.75) is 6.92 Å². The molecule has 2 aromatic heterocycles. The van der Waals surface area contributed by atoms with Crippen molar-refractivity contribution in [1.29, 1.82) is 0 Å². The lowest BCUT2D eigenvalue weighted by molar-refractivity contribution is 0.101. The van der Waals surface area contributed by atoms with Gasteiger partial charge in [-0.2, -0.15) is 0 Å². The third kappa shape index (κ3) is 1.21. The highest BCUT2D eigenvalue weighted by atomic mass is 35.5. The Bertz CT molecular complexity index is 516. The SMILES string of the molecule is CC(=O)c1cnc2c(ccn2C)c1Cl. The Morgan fingerprint density at radius 1 is 1.57 bits per heavy atom. The third-order valence-corrected chi connectivity index (χ3v) is 2.62. The summed E-state index contributed by atoms with van der Waals surface area (Å²) in [5, 5.41) is 1.31. The van der Waals surface area contributed by atoms with Crippen molar-refractivity contribution < 1.29 is 4.79 Å². The number of aromatic nitrogens is 2. The Labute approximate surface area is 86.3 Å². The van der Waals surface area contributed by atoms with E-state index in [1.165, 1.54) is 13.1 Å². The number of aryl methyl sites for hydroxylation is 1. The van der Waals surface area contributed by atoms with Gasteiger partial charge in [0, 0.05) is 24.8 Å². The second kappa shape index (κ2) is 3.10. The number of carbonyl (C=O) groups is 1. The first-order chi connectivity index (χ1) is 6.61. The van der Waals surface area contributed by atoms with Crippen LogP contribution in [0.25, 0.3) is 11.0 Å². The molecule has 2 rings (SSSR count). The van der Waals surface area contributed by atoms with Gasteiger partial charge in [-0.05, 0) is 13.0 Å². The quantitative estimate of drug-likeness (QED) is 0.675. The molecule has 0 amide bonds. The highest BCUT2D eigenvalue weighted by molar-refractivity contribution is 6.38. The van der Waals surface area contributed by atoms with E-state index in [9.17, 15) is 4.79 Å². The van der Waals surface area contributed by atoms with Crippen LogP contribution < -0.4 is 0 Å². The molecule has 0 atom stereocenters. The van der Waals surface area contributed by atoms with Gasteiger partial charge in [0.2, 0.25) is 0 Å². The molecule has 2 aromatic rings. The molecule has 0 aliphatic carbocycles. The number of ketones is 1. The van der Waals surface area contributed by atoms with Gasteiger partial charge in [0.15, 0.2) is 5.78 Å². The summed E-state index contributed by atoms with van der Waals surface area (Å²) in [5.74, 6) is -0.0618. The number of hydrogen-bond donors (Lipinski definition) is 0. The van der Waals surface area contributed by atoms with Crippen LogP contribution in [0.4, 0.5) is 0 Å². The van der Waals surface area contributed by atoms with Crippen molar-refractivity contribution in [2.24, 2.45) is 7.05 Å². The van der Waals surface area contributed by atoms with E-state index < -0.39 is 0 Å². The van der Waals surface area contributed by atoms with Gasteiger partial charge in [-0.1, -0.05) is 11.6 Å². The van der Waals surface area contributed by atoms with Gasteiger partial charge in [0.25, 0.3) is 0 Å². The number of halogens is 1. The van der Waals surface area contributed by atoms with Crippen LogP contribution in [0.2, 0.25) is 5.02 Å². The number of hydrogen-bond acceptors (Lipinski definition) is 2. The summed E-state index contributed by atoms with van der Waals surface area (Å²) in [7, 11) is 1.89. The van der Waals surface area contributed by atoms with Crippen LogP contribution in [0.15, 0.2) is 18.5 Å². The first-order valence-electron chi connectivity index (χ1n) is 4.21. The smallest absolute Gasteiger partial charge is 0.162 e. The normalized spacial score (nSPS) is 10.8. The minimum atomic E-state index is -0.0618. The van der Waals surface area contributed by atoms with Crippen LogP contribution in [0.3, 0.4) is 0 Å². The Kier molecular flexibility index (Phi) is 2.04. The fourth-order valence-electron chi connectivity index (χ4n) is 1.43. The minimum Gasteiger partial charge on any atom is -0.336 e. The van der Waals surface area contributed by atoms with Gasteiger partial charge < -0.3 is 4.57 Å². The first-order valence-corrected chi connectivity index (χ1v) is 4.59. The minimum absolute atomic E-state index is 0.0618. The summed E-state index contributed by atoms with van der Waals surface area (Å²) in [4.78, 5) is 15.4. The Morgan fingerprint density at radius 3 is 2.93 bits per heavy atom. The predicted molar refractivity (Wildman–Crippen MR) is 55.7 cm³/mol. The molecule has 3 nitrogen and oxygen atoms in total. The second-order valence-corrected chi connectivity index (χ2v) is 3.58. The maximum atomic E-state index is 11.2. The average molecular weight is 209 g/mol. The molecule has 0 saturated heterocycles. The van der Waals surface area contributed by atoms with E-state index in [4.69, 9.17) is 11.6 Å². The molecular formula is C10H9ClN2O. The summed E-state index contributed by atoms with van der Waals surface area (Å²) in [6, 6.07) is 1.86. The van der Waals surface area contributed by atoms with E-state index in [2.05, 4.69) is 4.98 Å². The standard InChI is InChI=1S/C10H9ClN2O/c1-6(14)8-5-12-10-7(9(8)11)3-4-13(10)2/h3-5H,1-2H3. The molecule has 0 unspecified atom stereocenters. The Hall–Kier alpha value is -1.35. The van der Waals surface area contributed by atoms with Crippen LogP contribution in [-0.2, 0) is 7.05 Å². The Morgan fingerprint density at radius 2 is 2.29 bits per heavy atom. The number of pyridine rings is 1. The van der Waals surface area contributed by atoms with Gasteiger partial charge in [-0.15, -0.1) is 0 Å². The lowest BCUT2D eigenvalue weighted by Gasteiger charge is -2.01. The van der Waals surface area contributed by atoms with Crippen molar-refractivity contribution in [3.63, 3.8) is 0 Å². The molecule has 0 bridgehead atoms. The second-order valence-electron chi connectivity index (χ2n) is 3.21. The monoisotopic (exact) mass is 208 g/mol. The zero-order chi connectivity index (χ0) is 10.3. The van der Waals surface area contributed by atoms with Crippen LogP contribution in [-0.4, -0.2) is 15.3 Å².